The van der Waals surface area contributed by atoms with Crippen LogP contribution in [0.25, 0.3) is 0 Å². The third-order valence-corrected chi connectivity index (χ3v) is 4.65. The molecule has 0 saturated heterocycles. The van der Waals surface area contributed by atoms with Gasteiger partial charge in [0.05, 0.1) is 18.0 Å². The van der Waals surface area contributed by atoms with E-state index in [0.29, 0.717) is 23.0 Å². The Hall–Kier alpha value is -3.84. The number of anilines is 2. The van der Waals surface area contributed by atoms with E-state index in [1.54, 1.807) is 36.4 Å². The summed E-state index contributed by atoms with van der Waals surface area (Å²) in [7, 11) is 0. The second-order valence-electron chi connectivity index (χ2n) is 6.72. The van der Waals surface area contributed by atoms with Crippen molar-refractivity contribution >= 4 is 22.9 Å². The van der Waals surface area contributed by atoms with E-state index in [4.69, 9.17) is 0 Å². The number of carbonyl (C=O) groups excluding carboxylic acids is 2. The van der Waals surface area contributed by atoms with Gasteiger partial charge in [-0.1, -0.05) is 30.3 Å². The van der Waals surface area contributed by atoms with E-state index < -0.39 is 23.2 Å². The first kappa shape index (κ1) is 19.5. The zero-order chi connectivity index (χ0) is 21.3. The number of aliphatic hydroxyl groups excluding tert-OH is 1. The highest BCUT2D eigenvalue weighted by Gasteiger charge is 2.29. The monoisotopic (exact) mass is 406 g/mol. The van der Waals surface area contributed by atoms with Gasteiger partial charge in [-0.05, 0) is 35.9 Å². The number of halogens is 2. The number of hydrogen-bond donors (Lipinski definition) is 3. The van der Waals surface area contributed by atoms with Crippen LogP contribution >= 0.6 is 0 Å². The third-order valence-electron chi connectivity index (χ3n) is 4.65. The van der Waals surface area contributed by atoms with E-state index >= 15 is 0 Å². The molecule has 1 aliphatic rings. The van der Waals surface area contributed by atoms with Gasteiger partial charge in [-0.2, -0.15) is 0 Å². The smallest absolute Gasteiger partial charge is 0.200 e. The van der Waals surface area contributed by atoms with E-state index in [2.05, 4.69) is 10.6 Å². The van der Waals surface area contributed by atoms with E-state index in [-0.39, 0.29) is 29.1 Å². The number of fused-ring (bicyclic) bond motifs is 1. The molecular formula is C23H16F2N2O3. The van der Waals surface area contributed by atoms with Crippen molar-refractivity contribution in [1.82, 2.24) is 0 Å². The lowest BCUT2D eigenvalue weighted by atomic mass is 9.94. The van der Waals surface area contributed by atoms with Gasteiger partial charge in [-0.3, -0.25) is 9.59 Å². The Morgan fingerprint density at radius 2 is 1.37 bits per heavy atom. The number of carbonyl (C=O) groups is 2. The van der Waals surface area contributed by atoms with E-state index in [0.717, 1.165) is 12.1 Å². The van der Waals surface area contributed by atoms with Crippen LogP contribution in [0.2, 0.25) is 0 Å². The molecule has 0 aliphatic carbocycles. The minimum absolute atomic E-state index is 0.116. The molecule has 1 heterocycles. The average molecular weight is 406 g/mol. The lowest BCUT2D eigenvalue weighted by Crippen LogP contribution is -2.21. The van der Waals surface area contributed by atoms with Gasteiger partial charge in [0.2, 0.25) is 11.6 Å². The molecule has 5 nitrogen and oxygen atoms in total. The number of benzene rings is 3. The molecule has 0 aromatic heterocycles. The molecule has 3 N–H and O–H groups in total. The molecule has 0 atom stereocenters. The highest BCUT2D eigenvalue weighted by Crippen LogP contribution is 2.32. The van der Waals surface area contributed by atoms with Gasteiger partial charge in [0.15, 0.2) is 0 Å². The van der Waals surface area contributed by atoms with Gasteiger partial charge < -0.3 is 15.7 Å². The van der Waals surface area contributed by atoms with Crippen LogP contribution in [-0.4, -0.2) is 16.7 Å². The van der Waals surface area contributed by atoms with Gasteiger partial charge in [0, 0.05) is 17.2 Å². The molecule has 0 fully saturated rings. The Labute approximate surface area is 170 Å². The number of para-hydroxylation sites is 2. The molecule has 1 aliphatic heterocycles. The molecule has 3 aromatic carbocycles. The first-order chi connectivity index (χ1) is 14.5. The Balaban J connectivity index is 1.84. The maximum absolute atomic E-state index is 13.7. The van der Waals surface area contributed by atoms with E-state index in [9.17, 15) is 23.5 Å². The van der Waals surface area contributed by atoms with Gasteiger partial charge in [0.25, 0.3) is 0 Å². The SMILES string of the molecule is O=C(C(C(=O)c1cccc(CO)c1)=C1Nc2ccccc2N1)c1cc(F)cc(F)c1. The molecule has 30 heavy (non-hydrogen) atoms. The molecule has 0 saturated carbocycles. The van der Waals surface area contributed by atoms with E-state index in [1.165, 1.54) is 12.1 Å². The van der Waals surface area contributed by atoms with Crippen LogP contribution in [0.1, 0.15) is 26.3 Å². The predicted molar refractivity (Wildman–Crippen MR) is 108 cm³/mol. The first-order valence-corrected chi connectivity index (χ1v) is 9.09. The lowest BCUT2D eigenvalue weighted by molar-refractivity contribution is 0.0960. The summed E-state index contributed by atoms with van der Waals surface area (Å²) in [5, 5.41) is 15.3. The number of nitrogens with one attached hydrogen (secondary N) is 2. The Morgan fingerprint density at radius 1 is 0.767 bits per heavy atom. The highest BCUT2D eigenvalue weighted by molar-refractivity contribution is 6.32. The van der Waals surface area contributed by atoms with Gasteiger partial charge in [-0.25, -0.2) is 8.78 Å². The summed E-state index contributed by atoms with van der Waals surface area (Å²) in [6, 6.07) is 15.7. The first-order valence-electron chi connectivity index (χ1n) is 9.09. The van der Waals surface area contributed by atoms with Crippen LogP contribution in [0.3, 0.4) is 0 Å². The van der Waals surface area contributed by atoms with Crippen molar-refractivity contribution in [3.05, 3.63) is 106 Å². The van der Waals surface area contributed by atoms with Crippen molar-refractivity contribution in [2.45, 2.75) is 6.61 Å². The van der Waals surface area contributed by atoms with Crippen molar-refractivity contribution < 1.29 is 23.5 Å². The molecule has 7 heteroatoms. The van der Waals surface area contributed by atoms with Crippen LogP contribution in [0.5, 0.6) is 0 Å². The van der Waals surface area contributed by atoms with Gasteiger partial charge in [0.1, 0.15) is 23.0 Å². The molecule has 150 valence electrons. The normalized spacial score (nSPS) is 12.0. The fraction of sp³-hybridized carbons (Fsp3) is 0.0435. The fourth-order valence-corrected chi connectivity index (χ4v) is 3.24. The largest absolute Gasteiger partial charge is 0.392 e. The summed E-state index contributed by atoms with van der Waals surface area (Å²) >= 11 is 0. The minimum Gasteiger partial charge on any atom is -0.392 e. The molecule has 0 bridgehead atoms. The molecule has 0 amide bonds. The van der Waals surface area contributed by atoms with Crippen LogP contribution in [0.15, 0.2) is 78.1 Å². The predicted octanol–water partition coefficient (Wildman–Crippen LogP) is 4.27. The Bertz CT molecular complexity index is 1160. The number of ketones is 2. The molecular weight excluding hydrogens is 390 g/mol. The van der Waals surface area contributed by atoms with Crippen LogP contribution in [0, 0.1) is 11.6 Å². The fourth-order valence-electron chi connectivity index (χ4n) is 3.24. The topological polar surface area (TPSA) is 78.4 Å². The van der Waals surface area contributed by atoms with E-state index in [1.807, 2.05) is 0 Å². The van der Waals surface area contributed by atoms with Gasteiger partial charge >= 0.3 is 0 Å². The standard InChI is InChI=1S/C23H16F2N2O3/c24-16-9-15(10-17(25)11-16)22(30)20(21(29)14-5-3-4-13(8-14)12-28)23-26-18-6-1-2-7-19(18)27-23/h1-11,26-28H,12H2. The summed E-state index contributed by atoms with van der Waals surface area (Å²) in [5.41, 5.74) is 1.37. The molecule has 3 aromatic rings. The van der Waals surface area contributed by atoms with Crippen LogP contribution < -0.4 is 10.6 Å². The van der Waals surface area contributed by atoms with Gasteiger partial charge in [-0.15, -0.1) is 0 Å². The average Bonchev–Trinajstić information content (AvgIpc) is 3.16. The van der Waals surface area contributed by atoms with Crippen molar-refractivity contribution in [3.8, 4) is 0 Å². The third kappa shape index (κ3) is 3.70. The maximum atomic E-state index is 13.7. The number of Topliss-reactive ketones (excluding diaryl/α,β-unsaturated/α-hetero) is 2. The molecule has 0 radical (unpaired) electrons. The van der Waals surface area contributed by atoms with Crippen molar-refractivity contribution in [3.63, 3.8) is 0 Å². The second-order valence-corrected chi connectivity index (χ2v) is 6.72. The molecule has 4 rings (SSSR count). The van der Waals surface area contributed by atoms with Crippen molar-refractivity contribution in [1.29, 1.82) is 0 Å². The summed E-state index contributed by atoms with van der Waals surface area (Å²) in [4.78, 5) is 26.5. The second kappa shape index (κ2) is 7.88. The van der Waals surface area contributed by atoms with Crippen molar-refractivity contribution in [2.75, 3.05) is 10.6 Å². The Kier molecular flexibility index (Phi) is 5.12. The molecule has 0 spiro atoms. The quantitative estimate of drug-likeness (QED) is 0.255. The Morgan fingerprint density at radius 3 is 1.97 bits per heavy atom. The zero-order valence-electron chi connectivity index (χ0n) is 15.6. The van der Waals surface area contributed by atoms with Crippen LogP contribution in [-0.2, 0) is 6.61 Å². The zero-order valence-corrected chi connectivity index (χ0v) is 15.6. The maximum Gasteiger partial charge on any atom is 0.200 e. The number of hydrogen-bond acceptors (Lipinski definition) is 5. The van der Waals surface area contributed by atoms with Crippen molar-refractivity contribution in [2.24, 2.45) is 0 Å². The van der Waals surface area contributed by atoms with Crippen LogP contribution in [0.4, 0.5) is 20.2 Å². The molecule has 0 unspecified atom stereocenters. The summed E-state index contributed by atoms with van der Waals surface area (Å²) in [6.45, 7) is -0.280. The summed E-state index contributed by atoms with van der Waals surface area (Å²) in [5.74, 6) is -3.22. The summed E-state index contributed by atoms with van der Waals surface area (Å²) < 4.78 is 27.4. The lowest BCUT2D eigenvalue weighted by Gasteiger charge is -2.12. The highest BCUT2D eigenvalue weighted by atomic mass is 19.1. The number of allylic oxidation sites excluding steroid dienone is 1. The number of rotatable bonds is 5. The summed E-state index contributed by atoms with van der Waals surface area (Å²) in [6.07, 6.45) is 0. The minimum atomic E-state index is -0.923. The number of aliphatic hydroxyl groups is 1.